The number of carbonyl (C=O) groups is 2. The minimum absolute atomic E-state index is 0.302. The smallest absolute Gasteiger partial charge is 0.326 e. The Kier molecular flexibility index (Phi) is 7.52. The molecule has 0 bridgehead atoms. The largest absolute Gasteiger partial charge is 0.480 e. The number of hydrogen-bond acceptors (Lipinski definition) is 3. The first-order chi connectivity index (χ1) is 10.4. The van der Waals surface area contributed by atoms with Crippen LogP contribution in [0.4, 0.5) is 4.39 Å². The van der Waals surface area contributed by atoms with E-state index in [1.807, 2.05) is 6.92 Å². The summed E-state index contributed by atoms with van der Waals surface area (Å²) < 4.78 is 12.8. The fourth-order valence-electron chi connectivity index (χ4n) is 2.14. The Balaban J connectivity index is 2.45. The lowest BCUT2D eigenvalue weighted by molar-refractivity contribution is -0.142. The normalized spacial score (nSPS) is 13.4. The lowest BCUT2D eigenvalue weighted by atomic mass is 10.0. The van der Waals surface area contributed by atoms with Gasteiger partial charge in [0, 0.05) is 0 Å². The average molecular weight is 310 g/mol. The second kappa shape index (κ2) is 9.15. The Morgan fingerprint density at radius 1 is 1.27 bits per heavy atom. The summed E-state index contributed by atoms with van der Waals surface area (Å²) in [5.41, 5.74) is 6.60. The van der Waals surface area contributed by atoms with Crippen LogP contribution >= 0.6 is 0 Å². The Morgan fingerprint density at radius 3 is 2.45 bits per heavy atom. The van der Waals surface area contributed by atoms with Crippen molar-refractivity contribution in [1.29, 1.82) is 0 Å². The van der Waals surface area contributed by atoms with Crippen molar-refractivity contribution in [2.45, 2.75) is 51.1 Å². The molecule has 122 valence electrons. The van der Waals surface area contributed by atoms with E-state index >= 15 is 0 Å². The predicted molar refractivity (Wildman–Crippen MR) is 81.8 cm³/mol. The average Bonchev–Trinajstić information content (AvgIpc) is 2.48. The van der Waals surface area contributed by atoms with Crippen molar-refractivity contribution in [1.82, 2.24) is 5.32 Å². The summed E-state index contributed by atoms with van der Waals surface area (Å²) in [6, 6.07) is 4.45. The highest BCUT2D eigenvalue weighted by Gasteiger charge is 2.22. The molecule has 0 spiro atoms. The predicted octanol–water partition coefficient (Wildman–Crippen LogP) is 1.85. The van der Waals surface area contributed by atoms with Crippen LogP contribution < -0.4 is 11.1 Å². The van der Waals surface area contributed by atoms with Gasteiger partial charge in [-0.15, -0.1) is 0 Å². The van der Waals surface area contributed by atoms with E-state index in [0.717, 1.165) is 12.0 Å². The topological polar surface area (TPSA) is 92.4 Å². The number of hydrogen-bond donors (Lipinski definition) is 3. The van der Waals surface area contributed by atoms with E-state index in [1.54, 1.807) is 12.1 Å². The Morgan fingerprint density at radius 2 is 1.91 bits per heavy atom. The summed E-state index contributed by atoms with van der Waals surface area (Å²) >= 11 is 0. The molecule has 0 aliphatic carbocycles. The number of carboxylic acids is 1. The second-order valence-corrected chi connectivity index (χ2v) is 5.31. The number of amides is 1. The highest BCUT2D eigenvalue weighted by atomic mass is 19.1. The minimum Gasteiger partial charge on any atom is -0.480 e. The molecule has 0 fully saturated rings. The van der Waals surface area contributed by atoms with Crippen molar-refractivity contribution >= 4 is 11.9 Å². The fraction of sp³-hybridized carbons (Fsp3) is 0.500. The van der Waals surface area contributed by atoms with Gasteiger partial charge in [0.05, 0.1) is 6.04 Å². The maximum atomic E-state index is 12.8. The van der Waals surface area contributed by atoms with Gasteiger partial charge in [0.2, 0.25) is 5.91 Å². The van der Waals surface area contributed by atoms with Gasteiger partial charge >= 0.3 is 5.97 Å². The van der Waals surface area contributed by atoms with Gasteiger partial charge in [0.15, 0.2) is 0 Å². The molecule has 5 nitrogen and oxygen atoms in total. The Hall–Kier alpha value is -1.95. The van der Waals surface area contributed by atoms with Crippen molar-refractivity contribution in [2.75, 3.05) is 0 Å². The zero-order valence-corrected chi connectivity index (χ0v) is 12.7. The van der Waals surface area contributed by atoms with Crippen molar-refractivity contribution in [3.63, 3.8) is 0 Å². The first-order valence-corrected chi connectivity index (χ1v) is 7.47. The van der Waals surface area contributed by atoms with Gasteiger partial charge in [-0.1, -0.05) is 25.5 Å². The zero-order valence-electron chi connectivity index (χ0n) is 12.7. The molecule has 1 aromatic carbocycles. The van der Waals surface area contributed by atoms with Gasteiger partial charge in [-0.3, -0.25) is 4.79 Å². The van der Waals surface area contributed by atoms with Crippen molar-refractivity contribution in [2.24, 2.45) is 5.73 Å². The zero-order chi connectivity index (χ0) is 16.5. The van der Waals surface area contributed by atoms with E-state index in [4.69, 9.17) is 10.8 Å². The monoisotopic (exact) mass is 310 g/mol. The molecule has 0 aromatic heterocycles. The van der Waals surface area contributed by atoms with Crippen molar-refractivity contribution in [3.8, 4) is 0 Å². The van der Waals surface area contributed by atoms with Crippen LogP contribution in [0.2, 0.25) is 0 Å². The van der Waals surface area contributed by atoms with E-state index in [-0.39, 0.29) is 5.82 Å². The fourth-order valence-corrected chi connectivity index (χ4v) is 2.14. The number of nitrogens with one attached hydrogen (secondary N) is 1. The number of benzene rings is 1. The highest BCUT2D eigenvalue weighted by molar-refractivity contribution is 5.86. The van der Waals surface area contributed by atoms with Crippen LogP contribution in [0.15, 0.2) is 24.3 Å². The summed E-state index contributed by atoms with van der Waals surface area (Å²) in [6.07, 6.45) is 2.79. The van der Waals surface area contributed by atoms with E-state index in [2.05, 4.69) is 5.32 Å². The maximum Gasteiger partial charge on any atom is 0.326 e. The molecule has 1 aromatic rings. The molecule has 0 saturated heterocycles. The molecular formula is C16H23FN2O3. The highest BCUT2D eigenvalue weighted by Crippen LogP contribution is 2.09. The molecule has 4 N–H and O–H groups in total. The SMILES string of the molecule is CCC[C@H](N)C(=O)NC(CCCc1ccc(F)cc1)C(=O)O. The lowest BCUT2D eigenvalue weighted by Crippen LogP contribution is -2.48. The molecule has 0 aliphatic rings. The van der Waals surface area contributed by atoms with Gasteiger partial charge in [0.25, 0.3) is 0 Å². The van der Waals surface area contributed by atoms with Gasteiger partial charge in [-0.05, 0) is 43.4 Å². The number of aliphatic carboxylic acids is 1. The summed E-state index contributed by atoms with van der Waals surface area (Å²) in [7, 11) is 0. The van der Waals surface area contributed by atoms with Gasteiger partial charge in [-0.25, -0.2) is 9.18 Å². The molecule has 0 heterocycles. The number of nitrogens with two attached hydrogens (primary N) is 1. The van der Waals surface area contributed by atoms with Crippen LogP contribution in [0.5, 0.6) is 0 Å². The van der Waals surface area contributed by atoms with Crippen LogP contribution in [0, 0.1) is 5.82 Å². The molecule has 2 atom stereocenters. The van der Waals surface area contributed by atoms with Crippen LogP contribution in [-0.2, 0) is 16.0 Å². The van der Waals surface area contributed by atoms with Crippen LogP contribution in [0.25, 0.3) is 0 Å². The molecular weight excluding hydrogens is 287 g/mol. The summed E-state index contributed by atoms with van der Waals surface area (Å²) in [5.74, 6) is -1.81. The van der Waals surface area contributed by atoms with E-state index < -0.39 is 24.0 Å². The van der Waals surface area contributed by atoms with Crippen molar-refractivity contribution < 1.29 is 19.1 Å². The van der Waals surface area contributed by atoms with E-state index in [9.17, 15) is 14.0 Å². The van der Waals surface area contributed by atoms with Gasteiger partial charge in [-0.2, -0.15) is 0 Å². The number of halogens is 1. The third-order valence-corrected chi connectivity index (χ3v) is 3.42. The van der Waals surface area contributed by atoms with Crippen molar-refractivity contribution in [3.05, 3.63) is 35.6 Å². The Bertz CT molecular complexity index is 491. The van der Waals surface area contributed by atoms with Gasteiger partial charge < -0.3 is 16.2 Å². The van der Waals surface area contributed by atoms with Gasteiger partial charge in [0.1, 0.15) is 11.9 Å². The third kappa shape index (κ3) is 6.22. The molecule has 22 heavy (non-hydrogen) atoms. The number of aryl methyl sites for hydroxylation is 1. The summed E-state index contributed by atoms with van der Waals surface area (Å²) in [5, 5.41) is 11.6. The Labute approximate surface area is 129 Å². The second-order valence-electron chi connectivity index (χ2n) is 5.31. The van der Waals surface area contributed by atoms with Crippen LogP contribution in [0.1, 0.15) is 38.2 Å². The lowest BCUT2D eigenvalue weighted by Gasteiger charge is -2.17. The standard InChI is InChI=1S/C16H23FN2O3/c1-2-4-13(18)15(20)19-14(16(21)22)6-3-5-11-7-9-12(17)10-8-11/h7-10,13-14H,2-6,18H2,1H3,(H,19,20)(H,21,22)/t13-,14?/m0/s1. The number of carboxylic acid groups (broad SMARTS) is 1. The molecule has 1 amide bonds. The molecule has 0 aliphatic heterocycles. The number of carbonyl (C=O) groups excluding carboxylic acids is 1. The van der Waals surface area contributed by atoms with Crippen LogP contribution in [0.3, 0.4) is 0 Å². The summed E-state index contributed by atoms with van der Waals surface area (Å²) in [4.78, 5) is 23.0. The first kappa shape index (κ1) is 18.1. The third-order valence-electron chi connectivity index (χ3n) is 3.42. The molecule has 0 radical (unpaired) electrons. The van der Waals surface area contributed by atoms with E-state index in [1.165, 1.54) is 12.1 Å². The summed E-state index contributed by atoms with van der Waals surface area (Å²) in [6.45, 7) is 1.91. The van der Waals surface area contributed by atoms with E-state index in [0.29, 0.717) is 25.7 Å². The minimum atomic E-state index is -1.07. The quantitative estimate of drug-likeness (QED) is 0.649. The first-order valence-electron chi connectivity index (χ1n) is 7.47. The number of rotatable bonds is 9. The molecule has 1 unspecified atom stereocenters. The molecule has 6 heteroatoms. The molecule has 1 rings (SSSR count). The van der Waals surface area contributed by atoms with Crippen LogP contribution in [-0.4, -0.2) is 29.1 Å². The maximum absolute atomic E-state index is 12.8. The molecule has 0 saturated carbocycles.